The lowest BCUT2D eigenvalue weighted by Crippen LogP contribution is -2.34. The van der Waals surface area contributed by atoms with Gasteiger partial charge in [0, 0.05) is 53.4 Å². The fraction of sp³-hybridized carbons (Fsp3) is 0.478. The summed E-state index contributed by atoms with van der Waals surface area (Å²) in [4.78, 5) is 10.8. The van der Waals surface area contributed by atoms with Crippen molar-refractivity contribution in [2.45, 2.75) is 57.3 Å². The zero-order valence-corrected chi connectivity index (χ0v) is 20.4. The van der Waals surface area contributed by atoms with E-state index in [2.05, 4.69) is 20.6 Å². The van der Waals surface area contributed by atoms with Crippen LogP contribution in [-0.4, -0.2) is 43.8 Å². The van der Waals surface area contributed by atoms with Crippen molar-refractivity contribution < 1.29 is 14.6 Å². The second-order valence-corrected chi connectivity index (χ2v) is 10.3. The summed E-state index contributed by atoms with van der Waals surface area (Å²) in [6, 6.07) is 4.12. The fourth-order valence-corrected chi connectivity index (χ4v) is 6.05. The lowest BCUT2D eigenvalue weighted by molar-refractivity contribution is -0.136. The molecular formula is C23H26Cl2N4O3S. The molecule has 176 valence electrons. The molecule has 0 amide bonds. The zero-order chi connectivity index (χ0) is 22.9. The van der Waals surface area contributed by atoms with Crippen molar-refractivity contribution in [3.05, 3.63) is 40.3 Å². The van der Waals surface area contributed by atoms with Crippen LogP contribution in [0.5, 0.6) is 0 Å². The Bertz CT molecular complexity index is 1170. The zero-order valence-electron chi connectivity index (χ0n) is 18.1. The Morgan fingerprint density at radius 1 is 1.30 bits per heavy atom. The third-order valence-corrected chi connectivity index (χ3v) is 8.07. The third kappa shape index (κ3) is 4.64. The minimum absolute atomic E-state index is 0.00774. The van der Waals surface area contributed by atoms with Gasteiger partial charge >= 0.3 is 5.97 Å². The normalized spacial score (nSPS) is 20.8. The van der Waals surface area contributed by atoms with Crippen LogP contribution in [0.4, 0.5) is 0 Å². The molecule has 0 aliphatic carbocycles. The lowest BCUT2D eigenvalue weighted by atomic mass is 9.99. The maximum atomic E-state index is 10.8. The number of halogens is 2. The average molecular weight is 509 g/mol. The van der Waals surface area contributed by atoms with Crippen molar-refractivity contribution in [2.75, 3.05) is 12.4 Å². The van der Waals surface area contributed by atoms with Crippen LogP contribution in [0.25, 0.3) is 22.0 Å². The lowest BCUT2D eigenvalue weighted by Gasteiger charge is -2.26. The van der Waals surface area contributed by atoms with E-state index in [1.807, 2.05) is 23.0 Å². The summed E-state index contributed by atoms with van der Waals surface area (Å²) < 4.78 is 13.6. The van der Waals surface area contributed by atoms with E-state index in [1.165, 1.54) is 17.6 Å². The third-order valence-electron chi connectivity index (χ3n) is 6.36. The van der Waals surface area contributed by atoms with E-state index in [0.29, 0.717) is 15.8 Å². The number of hydrogen-bond acceptors (Lipinski definition) is 5. The summed E-state index contributed by atoms with van der Waals surface area (Å²) in [7, 11) is 0. The fourth-order valence-electron chi connectivity index (χ4n) is 4.81. The number of nitrogens with zero attached hydrogens (tertiary/aromatic N) is 3. The minimum Gasteiger partial charge on any atom is -0.481 e. The van der Waals surface area contributed by atoms with Gasteiger partial charge in [0.1, 0.15) is 6.23 Å². The van der Waals surface area contributed by atoms with Crippen molar-refractivity contribution in [1.29, 1.82) is 0 Å². The molecule has 7 nitrogen and oxygen atoms in total. The Balaban J connectivity index is 1.48. The van der Waals surface area contributed by atoms with Crippen LogP contribution in [-0.2, 0) is 22.5 Å². The number of hydrogen-bond donors (Lipinski definition) is 2. The number of rotatable bonds is 7. The van der Waals surface area contributed by atoms with Gasteiger partial charge in [-0.05, 0) is 38.2 Å². The minimum atomic E-state index is -0.781. The predicted octanol–water partition coefficient (Wildman–Crippen LogP) is 5.54. The molecule has 0 saturated carbocycles. The van der Waals surface area contributed by atoms with Crippen molar-refractivity contribution in [3.63, 3.8) is 0 Å². The van der Waals surface area contributed by atoms with Gasteiger partial charge in [0.25, 0.3) is 0 Å². The van der Waals surface area contributed by atoms with E-state index in [0.717, 1.165) is 67.3 Å². The highest BCUT2D eigenvalue weighted by Gasteiger charge is 2.28. The van der Waals surface area contributed by atoms with Crippen molar-refractivity contribution in [1.82, 2.24) is 19.1 Å². The van der Waals surface area contributed by atoms with Gasteiger partial charge in [-0.1, -0.05) is 41.2 Å². The first-order valence-corrected chi connectivity index (χ1v) is 13.0. The molecule has 10 heteroatoms. The van der Waals surface area contributed by atoms with Crippen molar-refractivity contribution in [3.8, 4) is 11.1 Å². The first-order valence-electron chi connectivity index (χ1n) is 11.3. The molecule has 0 bridgehead atoms. The van der Waals surface area contributed by atoms with E-state index in [4.69, 9.17) is 33.0 Å². The van der Waals surface area contributed by atoms with Gasteiger partial charge in [0.2, 0.25) is 0 Å². The maximum absolute atomic E-state index is 10.8. The van der Waals surface area contributed by atoms with Crippen LogP contribution in [0.1, 0.15) is 44.0 Å². The summed E-state index contributed by atoms with van der Waals surface area (Å²) in [5.41, 5.74) is 4.39. The molecule has 1 aromatic carbocycles. The molecule has 3 aromatic rings. The van der Waals surface area contributed by atoms with E-state index >= 15 is 0 Å². The molecule has 0 spiro atoms. The number of carboxylic acid groups (broad SMARTS) is 1. The van der Waals surface area contributed by atoms with E-state index in [9.17, 15) is 4.79 Å². The molecule has 1 fully saturated rings. The van der Waals surface area contributed by atoms with Crippen molar-refractivity contribution in [2.24, 2.45) is 0 Å². The van der Waals surface area contributed by atoms with Crippen LogP contribution >= 0.6 is 35.1 Å². The van der Waals surface area contributed by atoms with E-state index in [-0.39, 0.29) is 18.7 Å². The van der Waals surface area contributed by atoms with Crippen LogP contribution < -0.4 is 4.72 Å². The summed E-state index contributed by atoms with van der Waals surface area (Å²) >= 11 is 14.6. The van der Waals surface area contributed by atoms with Gasteiger partial charge in [-0.25, -0.2) is 4.68 Å². The van der Waals surface area contributed by atoms with Gasteiger partial charge in [-0.2, -0.15) is 5.10 Å². The number of fused-ring (bicyclic) bond motifs is 3. The van der Waals surface area contributed by atoms with Gasteiger partial charge < -0.3 is 14.4 Å². The molecule has 2 aliphatic rings. The Hall–Kier alpha value is -1.71. The molecule has 2 aromatic heterocycles. The summed E-state index contributed by atoms with van der Waals surface area (Å²) in [5, 5.41) is 15.7. The summed E-state index contributed by atoms with van der Waals surface area (Å²) in [6.45, 7) is 1.52. The number of carboxylic acids is 1. The Labute approximate surface area is 206 Å². The molecule has 2 unspecified atom stereocenters. The van der Waals surface area contributed by atoms with Gasteiger partial charge in [-0.15, -0.1) is 0 Å². The first-order chi connectivity index (χ1) is 16.0. The second-order valence-electron chi connectivity index (χ2n) is 8.57. The number of nitrogens with one attached hydrogen (secondary N) is 1. The largest absolute Gasteiger partial charge is 0.481 e. The molecule has 0 radical (unpaired) electrons. The van der Waals surface area contributed by atoms with Gasteiger partial charge in [0.15, 0.2) is 0 Å². The summed E-state index contributed by atoms with van der Waals surface area (Å²) in [6.07, 6.45) is 9.19. The molecule has 2 N–H and O–H groups in total. The van der Waals surface area contributed by atoms with Crippen LogP contribution in [0, 0.1) is 0 Å². The highest BCUT2D eigenvalue weighted by Crippen LogP contribution is 2.43. The molecule has 5 rings (SSSR count). The number of ether oxygens (including phenoxy) is 1. The number of carbonyl (C=O) groups is 1. The predicted molar refractivity (Wildman–Crippen MR) is 132 cm³/mol. The quantitative estimate of drug-likeness (QED) is 0.322. The topological polar surface area (TPSA) is 81.3 Å². The second kappa shape index (κ2) is 9.88. The van der Waals surface area contributed by atoms with Crippen LogP contribution in [0.2, 0.25) is 10.0 Å². The maximum Gasteiger partial charge on any atom is 0.304 e. The average Bonchev–Trinajstić information content (AvgIpc) is 3.42. The Morgan fingerprint density at radius 2 is 2.18 bits per heavy atom. The summed E-state index contributed by atoms with van der Waals surface area (Å²) in [5.74, 6) is -0.248. The molecule has 33 heavy (non-hydrogen) atoms. The van der Waals surface area contributed by atoms with E-state index < -0.39 is 5.97 Å². The first kappa shape index (κ1) is 23.1. The number of aromatic nitrogens is 3. The standard InChI is InChI=1S/C23H26Cl2N4O3S/c24-17-6-5-16-21(14-11-26-29(12-14)19-3-1-2-9-32-19)18-7-4-15(27-33-10-8-20(30)31)13-28(18)23(16)22(17)25/h5-6,11-12,15,19,27H,1-4,7-10,13H2,(H,30,31). The smallest absolute Gasteiger partial charge is 0.304 e. The Kier molecular flexibility index (Phi) is 6.90. The van der Waals surface area contributed by atoms with E-state index in [1.54, 1.807) is 0 Å². The molecule has 4 heterocycles. The highest BCUT2D eigenvalue weighted by atomic mass is 35.5. The van der Waals surface area contributed by atoms with Gasteiger partial charge in [0.05, 0.1) is 28.2 Å². The van der Waals surface area contributed by atoms with Crippen LogP contribution in [0.15, 0.2) is 24.5 Å². The van der Waals surface area contributed by atoms with Gasteiger partial charge in [-0.3, -0.25) is 9.52 Å². The molecular weight excluding hydrogens is 483 g/mol. The monoisotopic (exact) mass is 508 g/mol. The molecule has 2 atom stereocenters. The van der Waals surface area contributed by atoms with Crippen LogP contribution in [0.3, 0.4) is 0 Å². The van der Waals surface area contributed by atoms with Crippen molar-refractivity contribution >= 4 is 52.0 Å². The molecule has 2 aliphatic heterocycles. The Morgan fingerprint density at radius 3 is 2.97 bits per heavy atom. The SMILES string of the molecule is O=C(O)CCSNC1CCc2c(-c3cnn(C4CCCCO4)c3)c3ccc(Cl)c(Cl)c3n2C1. The number of benzene rings is 1. The highest BCUT2D eigenvalue weighted by molar-refractivity contribution is 7.97. The molecule has 1 saturated heterocycles. The number of aliphatic carboxylic acids is 1.